The number of carbonyl (C=O) groups is 1. The molecule has 0 aromatic heterocycles. The Balaban J connectivity index is 1.51. The molecule has 3 nitrogen and oxygen atoms in total. The largest absolute Gasteiger partial charge is 0.463 e. The normalized spacial score (nSPS) is 10.6. The third-order valence-corrected chi connectivity index (χ3v) is 6.02. The smallest absolute Gasteiger partial charge is 0.330 e. The number of nitrogens with zero attached hydrogens (tertiary/aromatic N) is 1. The maximum Gasteiger partial charge on any atom is 0.330 e. The van der Waals surface area contributed by atoms with Crippen molar-refractivity contribution < 1.29 is 9.53 Å². The average molecular weight is 462 g/mol. The average Bonchev–Trinajstić information content (AvgIpc) is 2.89. The van der Waals surface area contributed by atoms with Crippen molar-refractivity contribution >= 4 is 23.0 Å². The topological polar surface area (TPSA) is 29.5 Å². The molecule has 0 spiro atoms. The van der Waals surface area contributed by atoms with Gasteiger partial charge in [-0.2, -0.15) is 0 Å². The maximum atomic E-state index is 11.1. The number of hydrogen-bond acceptors (Lipinski definition) is 3. The van der Waals surface area contributed by atoms with Crippen LogP contribution in [-0.2, 0) is 16.0 Å². The second kappa shape index (κ2) is 11.3. The highest BCUT2D eigenvalue weighted by molar-refractivity contribution is 5.81. The lowest BCUT2D eigenvalue weighted by Gasteiger charge is -2.26. The number of benzene rings is 4. The fourth-order valence-corrected chi connectivity index (χ4v) is 4.01. The van der Waals surface area contributed by atoms with E-state index >= 15 is 0 Å². The van der Waals surface area contributed by atoms with E-state index in [0.29, 0.717) is 6.61 Å². The molecule has 0 atom stereocenters. The standard InChI is InChI=1S/C32H31NO2/c1-4-32(34)35-23-5-6-26-11-13-27(14-12-26)28-15-21-31(22-16-28)33(29-17-7-24(2)8-18-29)30-19-9-25(3)10-20-30/h4,7-22H,1,5-6,23H2,2-3H3. The summed E-state index contributed by atoms with van der Waals surface area (Å²) in [5.74, 6) is -0.368. The van der Waals surface area contributed by atoms with E-state index in [0.717, 1.165) is 29.9 Å². The Kier molecular flexibility index (Phi) is 7.79. The van der Waals surface area contributed by atoms with Crippen molar-refractivity contribution in [1.29, 1.82) is 0 Å². The van der Waals surface area contributed by atoms with E-state index < -0.39 is 0 Å². The van der Waals surface area contributed by atoms with Gasteiger partial charge in [-0.1, -0.05) is 78.4 Å². The summed E-state index contributed by atoms with van der Waals surface area (Å²) in [6.07, 6.45) is 2.86. The van der Waals surface area contributed by atoms with E-state index in [2.05, 4.69) is 122 Å². The van der Waals surface area contributed by atoms with E-state index in [9.17, 15) is 4.79 Å². The summed E-state index contributed by atoms with van der Waals surface area (Å²) < 4.78 is 5.05. The molecule has 0 aliphatic heterocycles. The van der Waals surface area contributed by atoms with Crippen LogP contribution in [0.2, 0.25) is 0 Å². The summed E-state index contributed by atoms with van der Waals surface area (Å²) in [5, 5.41) is 0. The van der Waals surface area contributed by atoms with Gasteiger partial charge in [-0.25, -0.2) is 4.79 Å². The molecule has 0 radical (unpaired) electrons. The maximum absolute atomic E-state index is 11.1. The summed E-state index contributed by atoms with van der Waals surface area (Å²) in [6, 6.07) is 34.6. The van der Waals surface area contributed by atoms with E-state index in [-0.39, 0.29) is 5.97 Å². The van der Waals surface area contributed by atoms with Gasteiger partial charge in [-0.05, 0) is 79.8 Å². The van der Waals surface area contributed by atoms with Crippen molar-refractivity contribution in [2.75, 3.05) is 11.5 Å². The van der Waals surface area contributed by atoms with E-state index in [1.165, 1.54) is 33.9 Å². The molecule has 0 heterocycles. The lowest BCUT2D eigenvalue weighted by molar-refractivity contribution is -0.137. The minimum atomic E-state index is -0.368. The zero-order chi connectivity index (χ0) is 24.6. The van der Waals surface area contributed by atoms with Gasteiger partial charge in [-0.3, -0.25) is 0 Å². The molecule has 3 heteroatoms. The quantitative estimate of drug-likeness (QED) is 0.143. The number of rotatable bonds is 9. The van der Waals surface area contributed by atoms with Crippen molar-refractivity contribution in [3.63, 3.8) is 0 Å². The molecule has 0 N–H and O–H groups in total. The molecule has 0 aliphatic carbocycles. The van der Waals surface area contributed by atoms with Crippen LogP contribution in [0.25, 0.3) is 11.1 Å². The van der Waals surface area contributed by atoms with Gasteiger partial charge in [0.1, 0.15) is 0 Å². The second-order valence-corrected chi connectivity index (χ2v) is 8.73. The predicted octanol–water partition coefficient (Wildman–Crippen LogP) is 8.10. The lowest BCUT2D eigenvalue weighted by Crippen LogP contribution is -2.09. The molecular formula is C32H31NO2. The van der Waals surface area contributed by atoms with Gasteiger partial charge in [-0.15, -0.1) is 0 Å². The summed E-state index contributed by atoms with van der Waals surface area (Å²) in [5.41, 5.74) is 9.45. The third kappa shape index (κ3) is 6.27. The first-order valence-electron chi connectivity index (χ1n) is 12.0. The molecule has 35 heavy (non-hydrogen) atoms. The molecule has 0 aliphatic rings. The van der Waals surface area contributed by atoms with E-state index in [4.69, 9.17) is 4.74 Å². The van der Waals surface area contributed by atoms with Crippen LogP contribution in [0.3, 0.4) is 0 Å². The Morgan fingerprint density at radius 2 is 1.14 bits per heavy atom. The Morgan fingerprint density at radius 1 is 0.714 bits per heavy atom. The van der Waals surface area contributed by atoms with Gasteiger partial charge in [0.2, 0.25) is 0 Å². The van der Waals surface area contributed by atoms with Gasteiger partial charge in [0.25, 0.3) is 0 Å². The highest BCUT2D eigenvalue weighted by atomic mass is 16.5. The first-order valence-corrected chi connectivity index (χ1v) is 12.0. The molecular weight excluding hydrogens is 430 g/mol. The monoisotopic (exact) mass is 461 g/mol. The number of hydrogen-bond donors (Lipinski definition) is 0. The molecule has 4 aromatic carbocycles. The van der Waals surface area contributed by atoms with Crippen molar-refractivity contribution in [3.8, 4) is 11.1 Å². The second-order valence-electron chi connectivity index (χ2n) is 8.73. The molecule has 0 fully saturated rings. The van der Waals surface area contributed by atoms with E-state index in [1.807, 2.05) is 0 Å². The zero-order valence-corrected chi connectivity index (χ0v) is 20.4. The van der Waals surface area contributed by atoms with Crippen LogP contribution in [0.15, 0.2) is 110 Å². The van der Waals surface area contributed by atoms with Crippen molar-refractivity contribution in [2.24, 2.45) is 0 Å². The van der Waals surface area contributed by atoms with Gasteiger partial charge in [0.15, 0.2) is 0 Å². The number of aryl methyl sites for hydroxylation is 3. The Labute approximate surface area is 208 Å². The minimum Gasteiger partial charge on any atom is -0.463 e. The summed E-state index contributed by atoms with van der Waals surface area (Å²) >= 11 is 0. The van der Waals surface area contributed by atoms with Gasteiger partial charge in [0.05, 0.1) is 6.61 Å². The fourth-order valence-electron chi connectivity index (χ4n) is 4.01. The Bertz CT molecular complexity index is 1210. The highest BCUT2D eigenvalue weighted by Crippen LogP contribution is 2.35. The summed E-state index contributed by atoms with van der Waals surface area (Å²) in [7, 11) is 0. The molecule has 4 aromatic rings. The molecule has 176 valence electrons. The van der Waals surface area contributed by atoms with Crippen LogP contribution in [0.5, 0.6) is 0 Å². The molecule has 0 saturated heterocycles. The molecule has 0 saturated carbocycles. The molecule has 0 amide bonds. The SMILES string of the molecule is C=CC(=O)OCCCc1ccc(-c2ccc(N(c3ccc(C)cc3)c3ccc(C)cc3)cc2)cc1. The minimum absolute atomic E-state index is 0.368. The first kappa shape index (κ1) is 24.0. The van der Waals surface area contributed by atoms with Crippen LogP contribution in [0, 0.1) is 13.8 Å². The zero-order valence-electron chi connectivity index (χ0n) is 20.4. The van der Waals surface area contributed by atoms with Crippen molar-refractivity contribution in [1.82, 2.24) is 0 Å². The third-order valence-electron chi connectivity index (χ3n) is 6.02. The molecule has 0 unspecified atom stereocenters. The van der Waals surface area contributed by atoms with Crippen LogP contribution < -0.4 is 4.90 Å². The number of esters is 1. The van der Waals surface area contributed by atoms with Crippen LogP contribution in [0.1, 0.15) is 23.1 Å². The lowest BCUT2D eigenvalue weighted by atomic mass is 10.0. The van der Waals surface area contributed by atoms with Crippen LogP contribution in [0.4, 0.5) is 17.1 Å². The van der Waals surface area contributed by atoms with Gasteiger partial charge >= 0.3 is 5.97 Å². The molecule has 4 rings (SSSR count). The van der Waals surface area contributed by atoms with Crippen molar-refractivity contribution in [2.45, 2.75) is 26.7 Å². The van der Waals surface area contributed by atoms with Crippen molar-refractivity contribution in [3.05, 3.63) is 126 Å². The Hall–Kier alpha value is -4.11. The van der Waals surface area contributed by atoms with E-state index in [1.54, 1.807) is 0 Å². The first-order chi connectivity index (χ1) is 17.0. The van der Waals surface area contributed by atoms with Crippen LogP contribution >= 0.6 is 0 Å². The highest BCUT2D eigenvalue weighted by Gasteiger charge is 2.12. The van der Waals surface area contributed by atoms with Gasteiger partial charge < -0.3 is 9.64 Å². The summed E-state index contributed by atoms with van der Waals surface area (Å²) in [4.78, 5) is 13.4. The van der Waals surface area contributed by atoms with Gasteiger partial charge in [0, 0.05) is 23.1 Å². The number of carbonyl (C=O) groups excluding carboxylic acids is 1. The number of ether oxygens (including phenoxy) is 1. The predicted molar refractivity (Wildman–Crippen MR) is 146 cm³/mol. The molecule has 0 bridgehead atoms. The Morgan fingerprint density at radius 3 is 1.60 bits per heavy atom. The summed E-state index contributed by atoms with van der Waals surface area (Å²) in [6.45, 7) is 8.04. The fraction of sp³-hybridized carbons (Fsp3) is 0.156. The number of anilines is 3. The van der Waals surface area contributed by atoms with Crippen LogP contribution in [-0.4, -0.2) is 12.6 Å².